The summed E-state index contributed by atoms with van der Waals surface area (Å²) in [6, 6.07) is 6.51. The Morgan fingerprint density at radius 2 is 2.21 bits per heavy atom. The van der Waals surface area contributed by atoms with Crippen LogP contribution in [0.4, 0.5) is 8.78 Å². The van der Waals surface area contributed by atoms with Gasteiger partial charge in [0.25, 0.3) is 0 Å². The summed E-state index contributed by atoms with van der Waals surface area (Å²) in [7, 11) is 0. The van der Waals surface area contributed by atoms with Crippen LogP contribution in [-0.2, 0) is 0 Å². The highest BCUT2D eigenvalue weighted by Gasteiger charge is 2.04. The molecule has 0 bridgehead atoms. The molecule has 0 aliphatic carbocycles. The molecule has 0 aromatic heterocycles. The van der Waals surface area contributed by atoms with Crippen molar-refractivity contribution in [1.82, 2.24) is 5.32 Å². The van der Waals surface area contributed by atoms with Gasteiger partial charge in [-0.3, -0.25) is 4.39 Å². The molecule has 0 aliphatic rings. The van der Waals surface area contributed by atoms with E-state index in [1.807, 2.05) is 13.0 Å². The van der Waals surface area contributed by atoms with E-state index in [-0.39, 0.29) is 18.5 Å². The largest absolute Gasteiger partial charge is 0.310 e. The van der Waals surface area contributed by atoms with Gasteiger partial charge < -0.3 is 5.32 Å². The molecular formula is C11H15F2N. The summed E-state index contributed by atoms with van der Waals surface area (Å²) < 4.78 is 24.6. The van der Waals surface area contributed by atoms with Crippen molar-refractivity contribution in [3.05, 3.63) is 35.6 Å². The Labute approximate surface area is 83.1 Å². The third-order valence-electron chi connectivity index (χ3n) is 2.11. The smallest absolute Gasteiger partial charge is 0.123 e. The first-order chi connectivity index (χ1) is 6.74. The Hall–Kier alpha value is -0.960. The standard InChI is InChI=1S/C11H15F2N/c1-9(14-7-3-6-12)10-4-2-5-11(13)8-10/h2,4-5,8-9,14H,3,6-7H2,1H3/t9-/m1/s1. The fraction of sp³-hybridized carbons (Fsp3) is 0.455. The number of benzene rings is 1. The first-order valence-corrected chi connectivity index (χ1v) is 4.79. The second-order valence-electron chi connectivity index (χ2n) is 3.27. The summed E-state index contributed by atoms with van der Waals surface area (Å²) in [5, 5.41) is 3.12. The molecule has 1 N–H and O–H groups in total. The van der Waals surface area contributed by atoms with E-state index in [1.165, 1.54) is 12.1 Å². The van der Waals surface area contributed by atoms with E-state index in [4.69, 9.17) is 0 Å². The molecule has 14 heavy (non-hydrogen) atoms. The lowest BCUT2D eigenvalue weighted by Gasteiger charge is -2.13. The van der Waals surface area contributed by atoms with Crippen LogP contribution < -0.4 is 5.32 Å². The molecule has 0 aliphatic heterocycles. The van der Waals surface area contributed by atoms with Gasteiger partial charge in [0.05, 0.1) is 6.67 Å². The summed E-state index contributed by atoms with van der Waals surface area (Å²) in [4.78, 5) is 0. The normalized spacial score (nSPS) is 12.8. The van der Waals surface area contributed by atoms with Crippen molar-refractivity contribution >= 4 is 0 Å². The molecule has 1 aromatic carbocycles. The zero-order valence-electron chi connectivity index (χ0n) is 8.26. The monoisotopic (exact) mass is 199 g/mol. The van der Waals surface area contributed by atoms with E-state index >= 15 is 0 Å². The average molecular weight is 199 g/mol. The Morgan fingerprint density at radius 3 is 2.86 bits per heavy atom. The fourth-order valence-corrected chi connectivity index (χ4v) is 1.28. The molecule has 0 spiro atoms. The van der Waals surface area contributed by atoms with E-state index in [2.05, 4.69) is 5.32 Å². The van der Waals surface area contributed by atoms with E-state index in [9.17, 15) is 8.78 Å². The van der Waals surface area contributed by atoms with E-state index in [1.54, 1.807) is 6.07 Å². The highest BCUT2D eigenvalue weighted by atomic mass is 19.1. The molecule has 1 aromatic rings. The summed E-state index contributed by atoms with van der Waals surface area (Å²) in [5.74, 6) is -0.235. The maximum Gasteiger partial charge on any atom is 0.123 e. The quantitative estimate of drug-likeness (QED) is 0.719. The maximum absolute atomic E-state index is 12.8. The average Bonchev–Trinajstić information content (AvgIpc) is 2.18. The van der Waals surface area contributed by atoms with Crippen molar-refractivity contribution in [2.75, 3.05) is 13.2 Å². The molecule has 0 heterocycles. The lowest BCUT2D eigenvalue weighted by Crippen LogP contribution is -2.20. The minimum absolute atomic E-state index is 0.0669. The third-order valence-corrected chi connectivity index (χ3v) is 2.11. The summed E-state index contributed by atoms with van der Waals surface area (Å²) in [6.45, 7) is 2.24. The number of hydrogen-bond acceptors (Lipinski definition) is 1. The lowest BCUT2D eigenvalue weighted by molar-refractivity contribution is 0.445. The molecule has 0 unspecified atom stereocenters. The van der Waals surface area contributed by atoms with Crippen LogP contribution in [0, 0.1) is 5.82 Å². The van der Waals surface area contributed by atoms with Gasteiger partial charge in [0, 0.05) is 6.04 Å². The van der Waals surface area contributed by atoms with Crippen molar-refractivity contribution in [2.45, 2.75) is 19.4 Å². The SMILES string of the molecule is C[C@@H](NCCCF)c1cccc(F)c1. The number of nitrogens with one attached hydrogen (secondary N) is 1. The van der Waals surface area contributed by atoms with Crippen LogP contribution in [0.1, 0.15) is 24.9 Å². The number of alkyl halides is 1. The van der Waals surface area contributed by atoms with Crippen molar-refractivity contribution in [3.63, 3.8) is 0 Å². The molecule has 0 amide bonds. The van der Waals surface area contributed by atoms with E-state index in [0.29, 0.717) is 13.0 Å². The van der Waals surface area contributed by atoms with Gasteiger partial charge in [-0.2, -0.15) is 0 Å². The maximum atomic E-state index is 12.8. The molecule has 1 atom stereocenters. The van der Waals surface area contributed by atoms with Crippen LogP contribution in [0.2, 0.25) is 0 Å². The molecule has 1 rings (SSSR count). The number of hydrogen-bond donors (Lipinski definition) is 1. The minimum atomic E-state index is -0.317. The van der Waals surface area contributed by atoms with E-state index in [0.717, 1.165) is 5.56 Å². The van der Waals surface area contributed by atoms with Gasteiger partial charge in [0.2, 0.25) is 0 Å². The molecule has 1 nitrogen and oxygen atoms in total. The van der Waals surface area contributed by atoms with Crippen LogP contribution in [0.3, 0.4) is 0 Å². The van der Waals surface area contributed by atoms with Crippen molar-refractivity contribution in [2.24, 2.45) is 0 Å². The molecular weight excluding hydrogens is 184 g/mol. The number of rotatable bonds is 5. The zero-order chi connectivity index (χ0) is 10.4. The molecule has 78 valence electrons. The van der Waals surface area contributed by atoms with E-state index < -0.39 is 0 Å². The minimum Gasteiger partial charge on any atom is -0.310 e. The second kappa shape index (κ2) is 5.70. The predicted octanol–water partition coefficient (Wildman–Crippen LogP) is 2.84. The van der Waals surface area contributed by atoms with Crippen LogP contribution in [-0.4, -0.2) is 13.2 Å². The van der Waals surface area contributed by atoms with Gasteiger partial charge in [0.15, 0.2) is 0 Å². The van der Waals surface area contributed by atoms with Crippen LogP contribution in [0.5, 0.6) is 0 Å². The third kappa shape index (κ3) is 3.42. The lowest BCUT2D eigenvalue weighted by atomic mass is 10.1. The highest BCUT2D eigenvalue weighted by molar-refractivity contribution is 5.19. The summed E-state index contributed by atoms with van der Waals surface area (Å²) in [6.07, 6.45) is 0.500. The summed E-state index contributed by atoms with van der Waals surface area (Å²) >= 11 is 0. The van der Waals surface area contributed by atoms with Gasteiger partial charge in [-0.15, -0.1) is 0 Å². The molecule has 0 fully saturated rings. The predicted molar refractivity (Wildman–Crippen MR) is 53.4 cm³/mol. The van der Waals surface area contributed by atoms with Crippen LogP contribution in [0.15, 0.2) is 24.3 Å². The molecule has 0 saturated carbocycles. The van der Waals surface area contributed by atoms with Crippen LogP contribution >= 0.6 is 0 Å². The second-order valence-corrected chi connectivity index (χ2v) is 3.27. The Morgan fingerprint density at radius 1 is 1.43 bits per heavy atom. The van der Waals surface area contributed by atoms with Crippen molar-refractivity contribution in [1.29, 1.82) is 0 Å². The Balaban J connectivity index is 2.47. The van der Waals surface area contributed by atoms with Crippen molar-refractivity contribution < 1.29 is 8.78 Å². The highest BCUT2D eigenvalue weighted by Crippen LogP contribution is 2.12. The number of halogens is 2. The molecule has 0 saturated heterocycles. The van der Waals surface area contributed by atoms with Crippen LogP contribution in [0.25, 0.3) is 0 Å². The first-order valence-electron chi connectivity index (χ1n) is 4.79. The summed E-state index contributed by atoms with van der Waals surface area (Å²) in [5.41, 5.74) is 0.892. The van der Waals surface area contributed by atoms with Crippen molar-refractivity contribution in [3.8, 4) is 0 Å². The fourth-order valence-electron chi connectivity index (χ4n) is 1.28. The zero-order valence-corrected chi connectivity index (χ0v) is 8.26. The van der Waals surface area contributed by atoms with Gasteiger partial charge in [0.1, 0.15) is 5.82 Å². The molecule has 3 heteroatoms. The topological polar surface area (TPSA) is 12.0 Å². The van der Waals surface area contributed by atoms with Gasteiger partial charge in [-0.05, 0) is 37.6 Å². The van der Waals surface area contributed by atoms with Gasteiger partial charge in [-0.25, -0.2) is 4.39 Å². The Kier molecular flexibility index (Phi) is 4.53. The Bertz CT molecular complexity index is 276. The van der Waals surface area contributed by atoms with Gasteiger partial charge >= 0.3 is 0 Å². The van der Waals surface area contributed by atoms with Gasteiger partial charge in [-0.1, -0.05) is 12.1 Å². The first kappa shape index (κ1) is 11.1. The molecule has 0 radical (unpaired) electrons.